The Morgan fingerprint density at radius 2 is 1.76 bits per heavy atom. The van der Waals surface area contributed by atoms with Gasteiger partial charge < -0.3 is 4.74 Å². The number of hydrogen-bond acceptors (Lipinski definition) is 1. The lowest BCUT2D eigenvalue weighted by atomic mass is 10.1. The van der Waals surface area contributed by atoms with Gasteiger partial charge in [-0.25, -0.2) is 0 Å². The van der Waals surface area contributed by atoms with E-state index < -0.39 is 12.8 Å². The molecule has 0 aromatic heterocycles. The van der Waals surface area contributed by atoms with E-state index in [1.165, 1.54) is 6.07 Å². The molecule has 1 nitrogen and oxygen atoms in total. The van der Waals surface area contributed by atoms with Crippen LogP contribution in [-0.4, -0.2) is 18.7 Å². The average molecular weight is 313 g/mol. The molecule has 2 aromatic carbocycles. The van der Waals surface area contributed by atoms with Crippen LogP contribution in [0.4, 0.5) is 13.2 Å². The van der Waals surface area contributed by atoms with E-state index in [0.717, 1.165) is 16.3 Å². The third kappa shape index (κ3) is 4.87. The standard InChI is InChI=1S/C16H12ClF3O/c17-8-2-1-3-12-4-5-14-10-15(7-6-13(14)9-12)21-11-16(18,19)20/h4-7,9-10H,2,8,11H2. The summed E-state index contributed by atoms with van der Waals surface area (Å²) in [5.41, 5.74) is 0.844. The Balaban J connectivity index is 2.18. The lowest BCUT2D eigenvalue weighted by Gasteiger charge is -2.09. The molecule has 0 aliphatic rings. The second kappa shape index (κ2) is 6.73. The predicted molar refractivity (Wildman–Crippen MR) is 77.7 cm³/mol. The van der Waals surface area contributed by atoms with Crippen molar-refractivity contribution in [3.05, 3.63) is 42.0 Å². The van der Waals surface area contributed by atoms with Crippen molar-refractivity contribution < 1.29 is 17.9 Å². The van der Waals surface area contributed by atoms with Gasteiger partial charge in [0.2, 0.25) is 0 Å². The van der Waals surface area contributed by atoms with Gasteiger partial charge in [-0.2, -0.15) is 13.2 Å². The van der Waals surface area contributed by atoms with Gasteiger partial charge in [-0.15, -0.1) is 11.6 Å². The predicted octanol–water partition coefficient (Wildman–Crippen LogP) is 4.76. The van der Waals surface area contributed by atoms with Crippen LogP contribution in [0.15, 0.2) is 36.4 Å². The summed E-state index contributed by atoms with van der Waals surface area (Å²) in [4.78, 5) is 0. The highest BCUT2D eigenvalue weighted by molar-refractivity contribution is 6.18. The zero-order valence-electron chi connectivity index (χ0n) is 11.0. The molecule has 0 bridgehead atoms. The average Bonchev–Trinajstić information content (AvgIpc) is 2.44. The van der Waals surface area contributed by atoms with E-state index in [4.69, 9.17) is 16.3 Å². The summed E-state index contributed by atoms with van der Waals surface area (Å²) in [5, 5.41) is 1.70. The molecule has 5 heteroatoms. The Kier molecular flexibility index (Phi) is 4.98. The van der Waals surface area contributed by atoms with Gasteiger partial charge in [0.05, 0.1) is 0 Å². The maximum absolute atomic E-state index is 12.1. The van der Waals surface area contributed by atoms with Gasteiger partial charge in [0, 0.05) is 17.9 Å². The highest BCUT2D eigenvalue weighted by atomic mass is 35.5. The fourth-order valence-electron chi connectivity index (χ4n) is 1.77. The van der Waals surface area contributed by atoms with Crippen LogP contribution in [0, 0.1) is 11.8 Å². The van der Waals surface area contributed by atoms with Crippen LogP contribution in [-0.2, 0) is 0 Å². The van der Waals surface area contributed by atoms with E-state index in [9.17, 15) is 13.2 Å². The molecular formula is C16H12ClF3O. The first-order valence-electron chi connectivity index (χ1n) is 6.26. The molecule has 0 amide bonds. The molecule has 0 fully saturated rings. The van der Waals surface area contributed by atoms with E-state index in [1.807, 2.05) is 12.1 Å². The first kappa shape index (κ1) is 15.5. The molecule has 0 heterocycles. The summed E-state index contributed by atoms with van der Waals surface area (Å²) in [7, 11) is 0. The van der Waals surface area contributed by atoms with Crippen LogP contribution in [0.5, 0.6) is 5.75 Å². The van der Waals surface area contributed by atoms with Crippen molar-refractivity contribution in [1.29, 1.82) is 0 Å². The van der Waals surface area contributed by atoms with E-state index in [0.29, 0.717) is 12.3 Å². The second-order valence-corrected chi connectivity index (χ2v) is 4.75. The van der Waals surface area contributed by atoms with Crippen molar-refractivity contribution in [2.24, 2.45) is 0 Å². The number of alkyl halides is 4. The smallest absolute Gasteiger partial charge is 0.422 e. The zero-order chi connectivity index (χ0) is 15.3. The van der Waals surface area contributed by atoms with Crippen molar-refractivity contribution in [2.45, 2.75) is 12.6 Å². The van der Waals surface area contributed by atoms with Gasteiger partial charge in [0.25, 0.3) is 0 Å². The molecule has 21 heavy (non-hydrogen) atoms. The van der Waals surface area contributed by atoms with Crippen LogP contribution >= 0.6 is 11.6 Å². The van der Waals surface area contributed by atoms with Crippen LogP contribution in [0.3, 0.4) is 0 Å². The third-order valence-corrected chi connectivity index (χ3v) is 2.86. The highest BCUT2D eigenvalue weighted by Crippen LogP contribution is 2.24. The summed E-state index contributed by atoms with van der Waals surface area (Å²) in [6.45, 7) is -1.29. The minimum absolute atomic E-state index is 0.195. The monoisotopic (exact) mass is 312 g/mol. The van der Waals surface area contributed by atoms with Gasteiger partial charge in [0.15, 0.2) is 6.61 Å². The molecule has 0 saturated carbocycles. The molecule has 0 radical (unpaired) electrons. The number of fused-ring (bicyclic) bond motifs is 1. The van der Waals surface area contributed by atoms with E-state index in [1.54, 1.807) is 18.2 Å². The van der Waals surface area contributed by atoms with Crippen molar-refractivity contribution >= 4 is 22.4 Å². The number of ether oxygens (including phenoxy) is 1. The number of halogens is 4. The zero-order valence-corrected chi connectivity index (χ0v) is 11.8. The molecule has 2 rings (SSSR count). The van der Waals surface area contributed by atoms with Gasteiger partial charge in [-0.05, 0) is 35.0 Å². The lowest BCUT2D eigenvalue weighted by molar-refractivity contribution is -0.153. The van der Waals surface area contributed by atoms with Gasteiger partial charge in [0.1, 0.15) is 5.75 Å². The molecular weight excluding hydrogens is 301 g/mol. The maximum Gasteiger partial charge on any atom is 0.422 e. The van der Waals surface area contributed by atoms with Gasteiger partial charge >= 0.3 is 6.18 Å². The van der Waals surface area contributed by atoms with Crippen molar-refractivity contribution in [3.8, 4) is 17.6 Å². The highest BCUT2D eigenvalue weighted by Gasteiger charge is 2.28. The van der Waals surface area contributed by atoms with E-state index in [-0.39, 0.29) is 5.75 Å². The van der Waals surface area contributed by atoms with Crippen LogP contribution in [0.2, 0.25) is 0 Å². The van der Waals surface area contributed by atoms with Crippen LogP contribution in [0.1, 0.15) is 12.0 Å². The molecule has 0 spiro atoms. The molecule has 0 atom stereocenters. The molecule has 0 unspecified atom stereocenters. The van der Waals surface area contributed by atoms with Crippen LogP contribution < -0.4 is 4.74 Å². The molecule has 2 aromatic rings. The minimum Gasteiger partial charge on any atom is -0.484 e. The normalized spacial score (nSPS) is 11.0. The maximum atomic E-state index is 12.1. The molecule has 0 saturated heterocycles. The van der Waals surface area contributed by atoms with E-state index >= 15 is 0 Å². The Morgan fingerprint density at radius 3 is 2.48 bits per heavy atom. The summed E-state index contributed by atoms with van der Waals surface area (Å²) in [6, 6.07) is 10.3. The Labute approximate surface area is 125 Å². The second-order valence-electron chi connectivity index (χ2n) is 4.37. The third-order valence-electron chi connectivity index (χ3n) is 2.67. The topological polar surface area (TPSA) is 9.23 Å². The number of rotatable bonds is 3. The fourth-order valence-corrected chi connectivity index (χ4v) is 1.86. The number of hydrogen-bond donors (Lipinski definition) is 0. The first-order valence-corrected chi connectivity index (χ1v) is 6.79. The largest absolute Gasteiger partial charge is 0.484 e. The number of benzene rings is 2. The Morgan fingerprint density at radius 1 is 1.05 bits per heavy atom. The Bertz CT molecular complexity index is 683. The minimum atomic E-state index is -4.34. The quantitative estimate of drug-likeness (QED) is 0.586. The summed E-state index contributed by atoms with van der Waals surface area (Å²) in [5.74, 6) is 6.60. The van der Waals surface area contributed by atoms with E-state index in [2.05, 4.69) is 11.8 Å². The van der Waals surface area contributed by atoms with Crippen LogP contribution in [0.25, 0.3) is 10.8 Å². The van der Waals surface area contributed by atoms with Crippen molar-refractivity contribution in [3.63, 3.8) is 0 Å². The molecule has 0 N–H and O–H groups in total. The van der Waals surface area contributed by atoms with Gasteiger partial charge in [-0.3, -0.25) is 0 Å². The lowest BCUT2D eigenvalue weighted by Crippen LogP contribution is -2.19. The fraction of sp³-hybridized carbons (Fsp3) is 0.250. The summed E-state index contributed by atoms with van der Waals surface area (Å²) in [6.07, 6.45) is -3.72. The van der Waals surface area contributed by atoms with Gasteiger partial charge in [-0.1, -0.05) is 24.0 Å². The SMILES string of the molecule is FC(F)(F)COc1ccc2cc(C#CCCCl)ccc2c1. The summed E-state index contributed by atoms with van der Waals surface area (Å²) < 4.78 is 41.0. The van der Waals surface area contributed by atoms with Crippen molar-refractivity contribution in [1.82, 2.24) is 0 Å². The molecule has 0 aliphatic carbocycles. The molecule has 110 valence electrons. The Hall–Kier alpha value is -1.86. The molecule has 0 aliphatic heterocycles. The summed E-state index contributed by atoms with van der Waals surface area (Å²) >= 11 is 5.55. The van der Waals surface area contributed by atoms with Crippen molar-refractivity contribution in [2.75, 3.05) is 12.5 Å². The first-order chi connectivity index (χ1) is 9.98.